The van der Waals surface area contributed by atoms with Crippen molar-refractivity contribution in [2.75, 3.05) is 11.9 Å². The quantitative estimate of drug-likeness (QED) is 0.666. The fourth-order valence-corrected chi connectivity index (χ4v) is 4.36. The summed E-state index contributed by atoms with van der Waals surface area (Å²) in [6.45, 7) is 6.13. The van der Waals surface area contributed by atoms with Crippen molar-refractivity contribution in [3.8, 4) is 5.69 Å². The normalized spacial score (nSPS) is 19.7. The molecular weight excluding hydrogens is 431 g/mol. The third kappa shape index (κ3) is 6.88. The number of nitrogens with one attached hydrogen (secondary N) is 2. The van der Waals surface area contributed by atoms with Crippen molar-refractivity contribution in [3.63, 3.8) is 0 Å². The summed E-state index contributed by atoms with van der Waals surface area (Å²) < 4.78 is 28.7. The van der Waals surface area contributed by atoms with Crippen molar-refractivity contribution in [1.82, 2.24) is 14.3 Å². The molecule has 0 atom stereocenters. The molecule has 1 aromatic carbocycles. The van der Waals surface area contributed by atoms with E-state index in [4.69, 9.17) is 0 Å². The van der Waals surface area contributed by atoms with Gasteiger partial charge in [-0.05, 0) is 70.6 Å². The van der Waals surface area contributed by atoms with Gasteiger partial charge in [-0.1, -0.05) is 6.07 Å². The molecule has 2 aromatic rings. The lowest BCUT2D eigenvalue weighted by Crippen LogP contribution is -2.46. The standard InChI is InChI=1S/C20H30N4O2S.2ClH/c1-20(2,3)27(25,26)23-17-9-7-16(8-10-17)14-22-18-5-4-6-19(13-18)24-12-11-21-15-24;;/h4-6,11-13,15-17,22-23H,7-10,14H2,1-3H3;2*1H. The maximum atomic E-state index is 12.3. The van der Waals surface area contributed by atoms with Crippen LogP contribution < -0.4 is 10.0 Å². The molecule has 1 saturated carbocycles. The minimum absolute atomic E-state index is 0. The molecule has 1 heterocycles. The first-order valence-electron chi connectivity index (χ1n) is 9.59. The lowest BCUT2D eigenvalue weighted by molar-refractivity contribution is 0.322. The molecule has 2 N–H and O–H groups in total. The predicted octanol–water partition coefficient (Wildman–Crippen LogP) is 4.40. The molecule has 0 aliphatic heterocycles. The van der Waals surface area contributed by atoms with E-state index in [1.165, 1.54) is 0 Å². The molecule has 3 rings (SSSR count). The minimum Gasteiger partial charge on any atom is -0.385 e. The number of rotatable bonds is 6. The first-order chi connectivity index (χ1) is 12.7. The van der Waals surface area contributed by atoms with Crippen molar-refractivity contribution in [3.05, 3.63) is 43.0 Å². The van der Waals surface area contributed by atoms with Crippen LogP contribution in [0.3, 0.4) is 0 Å². The average Bonchev–Trinajstić information content (AvgIpc) is 3.15. The van der Waals surface area contributed by atoms with Crippen molar-refractivity contribution >= 4 is 40.5 Å². The lowest BCUT2D eigenvalue weighted by atomic mass is 9.86. The Morgan fingerprint density at radius 2 is 1.83 bits per heavy atom. The summed E-state index contributed by atoms with van der Waals surface area (Å²) in [4.78, 5) is 4.09. The van der Waals surface area contributed by atoms with Crippen molar-refractivity contribution < 1.29 is 8.42 Å². The maximum absolute atomic E-state index is 12.3. The fourth-order valence-electron chi connectivity index (χ4n) is 3.33. The Morgan fingerprint density at radius 3 is 2.41 bits per heavy atom. The second kappa shape index (κ2) is 10.7. The lowest BCUT2D eigenvalue weighted by Gasteiger charge is -2.31. The van der Waals surface area contributed by atoms with Gasteiger partial charge in [0.1, 0.15) is 0 Å². The second-order valence-electron chi connectivity index (χ2n) is 8.35. The Morgan fingerprint density at radius 1 is 1.14 bits per heavy atom. The third-order valence-corrected chi connectivity index (χ3v) is 7.47. The highest BCUT2D eigenvalue weighted by molar-refractivity contribution is 7.90. The van der Waals surface area contributed by atoms with Crippen LogP contribution in [0.4, 0.5) is 5.69 Å². The third-order valence-electron chi connectivity index (χ3n) is 5.22. The highest BCUT2D eigenvalue weighted by Gasteiger charge is 2.32. The Hall–Kier alpha value is -1.28. The van der Waals surface area contributed by atoms with Crippen molar-refractivity contribution in [2.24, 2.45) is 5.92 Å². The van der Waals surface area contributed by atoms with E-state index < -0.39 is 14.8 Å². The minimum atomic E-state index is -3.27. The smallest absolute Gasteiger partial charge is 0.216 e. The molecule has 0 radical (unpaired) electrons. The summed E-state index contributed by atoms with van der Waals surface area (Å²) in [7, 11) is -3.27. The van der Waals surface area contributed by atoms with E-state index >= 15 is 0 Å². The first-order valence-corrected chi connectivity index (χ1v) is 11.1. The van der Waals surface area contributed by atoms with E-state index in [2.05, 4.69) is 33.2 Å². The molecular formula is C20H32Cl2N4O2S. The van der Waals surface area contributed by atoms with E-state index in [-0.39, 0.29) is 30.9 Å². The number of halogens is 2. The molecule has 6 nitrogen and oxygen atoms in total. The molecule has 9 heteroatoms. The largest absolute Gasteiger partial charge is 0.385 e. The van der Waals surface area contributed by atoms with E-state index in [1.807, 2.05) is 16.8 Å². The van der Waals surface area contributed by atoms with Crippen LogP contribution in [-0.2, 0) is 10.0 Å². The van der Waals surface area contributed by atoms with Crippen LogP contribution in [0.1, 0.15) is 46.5 Å². The molecule has 0 unspecified atom stereocenters. The summed E-state index contributed by atoms with van der Waals surface area (Å²) in [5.74, 6) is 0.567. The molecule has 29 heavy (non-hydrogen) atoms. The van der Waals surface area contributed by atoms with E-state index in [0.717, 1.165) is 43.6 Å². The molecule has 0 spiro atoms. The van der Waals surface area contributed by atoms with Crippen LogP contribution in [0.5, 0.6) is 0 Å². The van der Waals surface area contributed by atoms with Crippen LogP contribution in [-0.4, -0.2) is 35.3 Å². The molecule has 0 saturated heterocycles. The van der Waals surface area contributed by atoms with Gasteiger partial charge in [-0.2, -0.15) is 0 Å². The summed E-state index contributed by atoms with van der Waals surface area (Å²) in [6, 6.07) is 8.35. The van der Waals surface area contributed by atoms with Crippen LogP contribution in [0.25, 0.3) is 5.69 Å². The Balaban J connectivity index is 0.00000210. The molecule has 1 aliphatic carbocycles. The monoisotopic (exact) mass is 462 g/mol. The van der Waals surface area contributed by atoms with E-state index in [0.29, 0.717) is 5.92 Å². The van der Waals surface area contributed by atoms with Gasteiger partial charge in [-0.15, -0.1) is 24.8 Å². The fraction of sp³-hybridized carbons (Fsp3) is 0.550. The predicted molar refractivity (Wildman–Crippen MR) is 124 cm³/mol. The van der Waals surface area contributed by atoms with Gasteiger partial charge in [-0.3, -0.25) is 0 Å². The van der Waals surface area contributed by atoms with Gasteiger partial charge in [-0.25, -0.2) is 18.1 Å². The molecule has 164 valence electrons. The summed E-state index contributed by atoms with van der Waals surface area (Å²) in [5.41, 5.74) is 2.18. The number of sulfonamides is 1. The zero-order valence-electron chi connectivity index (χ0n) is 17.2. The molecule has 1 aromatic heterocycles. The molecule has 1 aliphatic rings. The number of benzene rings is 1. The Labute approximate surface area is 186 Å². The SMILES string of the molecule is CC(C)(C)S(=O)(=O)NC1CCC(CNc2cccc(-n3ccnc3)c2)CC1.Cl.Cl. The maximum Gasteiger partial charge on any atom is 0.216 e. The Kier molecular flexibility index (Phi) is 9.47. The number of anilines is 1. The van der Waals surface area contributed by atoms with Gasteiger partial charge in [0.25, 0.3) is 0 Å². The first kappa shape index (κ1) is 25.8. The Bertz CT molecular complexity index is 844. The van der Waals surface area contributed by atoms with Crippen LogP contribution in [0, 0.1) is 5.92 Å². The second-order valence-corrected chi connectivity index (χ2v) is 10.8. The molecule has 1 fully saturated rings. The van der Waals surface area contributed by atoms with Gasteiger partial charge < -0.3 is 9.88 Å². The molecule has 0 bridgehead atoms. The van der Waals surface area contributed by atoms with Crippen molar-refractivity contribution in [2.45, 2.75) is 57.2 Å². The van der Waals surface area contributed by atoms with Crippen LogP contribution in [0.15, 0.2) is 43.0 Å². The van der Waals surface area contributed by atoms with Gasteiger partial charge in [0.15, 0.2) is 0 Å². The summed E-state index contributed by atoms with van der Waals surface area (Å²) in [5, 5.41) is 3.53. The summed E-state index contributed by atoms with van der Waals surface area (Å²) >= 11 is 0. The van der Waals surface area contributed by atoms with Crippen LogP contribution >= 0.6 is 24.8 Å². The highest BCUT2D eigenvalue weighted by atomic mass is 35.5. The van der Waals surface area contributed by atoms with E-state index in [9.17, 15) is 8.42 Å². The van der Waals surface area contributed by atoms with Gasteiger partial charge in [0.05, 0.1) is 11.1 Å². The van der Waals surface area contributed by atoms with Gasteiger partial charge in [0.2, 0.25) is 10.0 Å². The topological polar surface area (TPSA) is 76.0 Å². The number of hydrogen-bond acceptors (Lipinski definition) is 4. The molecule has 0 amide bonds. The highest BCUT2D eigenvalue weighted by Crippen LogP contribution is 2.27. The average molecular weight is 463 g/mol. The van der Waals surface area contributed by atoms with Crippen molar-refractivity contribution in [1.29, 1.82) is 0 Å². The number of nitrogens with zero attached hydrogens (tertiary/aromatic N) is 2. The number of aromatic nitrogens is 2. The van der Waals surface area contributed by atoms with E-state index in [1.54, 1.807) is 33.3 Å². The van der Waals surface area contributed by atoms with Gasteiger partial charge >= 0.3 is 0 Å². The van der Waals surface area contributed by atoms with Crippen LogP contribution in [0.2, 0.25) is 0 Å². The zero-order chi connectivity index (χ0) is 19.5. The number of hydrogen-bond donors (Lipinski definition) is 2. The van der Waals surface area contributed by atoms with Gasteiger partial charge in [0, 0.05) is 36.4 Å². The number of imidazole rings is 1. The zero-order valence-corrected chi connectivity index (χ0v) is 19.6. The summed E-state index contributed by atoms with van der Waals surface area (Å²) in [6.07, 6.45) is 9.36.